The average Bonchev–Trinajstić information content (AvgIpc) is 2.77. The molecule has 1 aliphatic rings. The van der Waals surface area contributed by atoms with Gasteiger partial charge in [-0.05, 0) is 45.2 Å². The van der Waals surface area contributed by atoms with Crippen molar-refractivity contribution < 1.29 is 4.79 Å². The van der Waals surface area contributed by atoms with Crippen LogP contribution in [-0.4, -0.2) is 30.1 Å². The molecular formula is C14H23N3O2S. The van der Waals surface area contributed by atoms with Gasteiger partial charge in [-0.3, -0.25) is 9.59 Å². The highest BCUT2D eigenvalue weighted by molar-refractivity contribution is 7.07. The van der Waals surface area contributed by atoms with Crippen molar-refractivity contribution in [2.75, 3.05) is 19.6 Å². The molecule has 2 N–H and O–H groups in total. The number of aryl methyl sites for hydroxylation is 1. The lowest BCUT2D eigenvalue weighted by Crippen LogP contribution is -2.33. The van der Waals surface area contributed by atoms with Gasteiger partial charge in [-0.1, -0.05) is 11.3 Å². The van der Waals surface area contributed by atoms with E-state index in [1.165, 1.54) is 24.2 Å². The van der Waals surface area contributed by atoms with E-state index >= 15 is 0 Å². The summed E-state index contributed by atoms with van der Waals surface area (Å²) >= 11 is 1.19. The maximum atomic E-state index is 11.8. The van der Waals surface area contributed by atoms with E-state index < -0.39 is 0 Å². The summed E-state index contributed by atoms with van der Waals surface area (Å²) in [5, 5.41) is 8.16. The summed E-state index contributed by atoms with van der Waals surface area (Å²) in [6, 6.07) is 0. The topological polar surface area (TPSA) is 63.1 Å². The third-order valence-electron chi connectivity index (χ3n) is 3.81. The van der Waals surface area contributed by atoms with E-state index in [-0.39, 0.29) is 10.8 Å². The molecule has 5 nitrogen and oxygen atoms in total. The van der Waals surface area contributed by atoms with Crippen LogP contribution in [-0.2, 0) is 11.3 Å². The lowest BCUT2D eigenvalue weighted by atomic mass is 9.96. The van der Waals surface area contributed by atoms with Crippen molar-refractivity contribution >= 4 is 17.2 Å². The van der Waals surface area contributed by atoms with E-state index in [0.29, 0.717) is 18.9 Å². The Morgan fingerprint density at radius 2 is 2.45 bits per heavy atom. The summed E-state index contributed by atoms with van der Waals surface area (Å²) in [4.78, 5) is 23.3. The molecule has 1 unspecified atom stereocenters. The molecule has 2 rings (SSSR count). The highest BCUT2D eigenvalue weighted by atomic mass is 32.1. The zero-order valence-electron chi connectivity index (χ0n) is 12.0. The summed E-state index contributed by atoms with van der Waals surface area (Å²) in [6.07, 6.45) is 3.90. The van der Waals surface area contributed by atoms with Crippen molar-refractivity contribution in [1.82, 2.24) is 15.2 Å². The van der Waals surface area contributed by atoms with Gasteiger partial charge in [0.2, 0.25) is 5.91 Å². The number of amides is 1. The molecule has 1 aromatic rings. The third-order valence-corrected chi connectivity index (χ3v) is 4.69. The molecule has 0 aliphatic carbocycles. The Balaban J connectivity index is 1.64. The molecule has 1 aromatic heterocycles. The number of thiazole rings is 1. The molecule has 112 valence electrons. The van der Waals surface area contributed by atoms with Gasteiger partial charge in [0.05, 0.1) is 0 Å². The normalized spacial score (nSPS) is 18.9. The first-order chi connectivity index (χ1) is 9.66. The van der Waals surface area contributed by atoms with Crippen LogP contribution >= 0.6 is 11.3 Å². The third kappa shape index (κ3) is 4.45. The highest BCUT2D eigenvalue weighted by Crippen LogP contribution is 2.12. The maximum Gasteiger partial charge on any atom is 0.307 e. The predicted molar refractivity (Wildman–Crippen MR) is 81.2 cm³/mol. The molecule has 0 bridgehead atoms. The minimum atomic E-state index is 0.0172. The van der Waals surface area contributed by atoms with Crippen LogP contribution in [0.2, 0.25) is 0 Å². The second-order valence-corrected chi connectivity index (χ2v) is 6.22. The lowest BCUT2D eigenvalue weighted by molar-refractivity contribution is -0.121. The summed E-state index contributed by atoms with van der Waals surface area (Å²) in [5.41, 5.74) is 0.932. The van der Waals surface area contributed by atoms with Crippen molar-refractivity contribution in [3.63, 3.8) is 0 Å². The van der Waals surface area contributed by atoms with E-state index in [4.69, 9.17) is 0 Å². The van der Waals surface area contributed by atoms with Crippen molar-refractivity contribution in [2.24, 2.45) is 5.92 Å². The van der Waals surface area contributed by atoms with E-state index in [1.54, 1.807) is 4.57 Å². The molecule has 0 aromatic carbocycles. The van der Waals surface area contributed by atoms with Gasteiger partial charge in [-0.25, -0.2) is 0 Å². The molecule has 20 heavy (non-hydrogen) atoms. The van der Waals surface area contributed by atoms with Gasteiger partial charge in [-0.15, -0.1) is 0 Å². The Labute approximate surface area is 123 Å². The molecule has 1 aliphatic heterocycles. The van der Waals surface area contributed by atoms with Gasteiger partial charge in [0.1, 0.15) is 0 Å². The number of piperidine rings is 1. The molecular weight excluding hydrogens is 274 g/mol. The van der Waals surface area contributed by atoms with E-state index in [0.717, 1.165) is 31.7 Å². The Bertz CT molecular complexity index is 489. The monoisotopic (exact) mass is 297 g/mol. The molecule has 1 amide bonds. The molecule has 2 heterocycles. The van der Waals surface area contributed by atoms with Crippen LogP contribution < -0.4 is 15.5 Å². The first-order valence-corrected chi connectivity index (χ1v) is 8.17. The van der Waals surface area contributed by atoms with Crippen molar-refractivity contribution in [3.8, 4) is 0 Å². The largest absolute Gasteiger partial charge is 0.356 e. The van der Waals surface area contributed by atoms with Gasteiger partial charge < -0.3 is 15.2 Å². The highest BCUT2D eigenvalue weighted by Gasteiger charge is 2.13. The van der Waals surface area contributed by atoms with Crippen molar-refractivity contribution in [3.05, 3.63) is 20.7 Å². The molecule has 1 saturated heterocycles. The van der Waals surface area contributed by atoms with Gasteiger partial charge in [-0.2, -0.15) is 0 Å². The fourth-order valence-corrected chi connectivity index (χ4v) is 3.32. The summed E-state index contributed by atoms with van der Waals surface area (Å²) in [6.45, 7) is 5.30. The molecule has 6 heteroatoms. The quantitative estimate of drug-likeness (QED) is 0.827. The number of aromatic nitrogens is 1. The van der Waals surface area contributed by atoms with Crippen molar-refractivity contribution in [1.29, 1.82) is 0 Å². The predicted octanol–water partition coefficient (Wildman–Crippen LogP) is 1.11. The van der Waals surface area contributed by atoms with Gasteiger partial charge in [0.25, 0.3) is 0 Å². The maximum absolute atomic E-state index is 11.8. The number of carbonyl (C=O) groups excluding carboxylic acids is 1. The van der Waals surface area contributed by atoms with Gasteiger partial charge in [0.15, 0.2) is 0 Å². The molecule has 0 spiro atoms. The van der Waals surface area contributed by atoms with Gasteiger partial charge in [0, 0.05) is 30.6 Å². The number of hydrogen-bond acceptors (Lipinski definition) is 4. The van der Waals surface area contributed by atoms with Crippen LogP contribution in [0, 0.1) is 12.8 Å². The molecule has 0 radical (unpaired) electrons. The Morgan fingerprint density at radius 3 is 3.10 bits per heavy atom. The first-order valence-electron chi connectivity index (χ1n) is 7.29. The minimum absolute atomic E-state index is 0.0172. The molecule has 0 saturated carbocycles. The fourth-order valence-electron chi connectivity index (χ4n) is 2.56. The minimum Gasteiger partial charge on any atom is -0.356 e. The van der Waals surface area contributed by atoms with E-state index in [1.807, 2.05) is 12.3 Å². The van der Waals surface area contributed by atoms with E-state index in [2.05, 4.69) is 10.6 Å². The first kappa shape index (κ1) is 15.3. The smallest absolute Gasteiger partial charge is 0.307 e. The molecule has 1 atom stereocenters. The average molecular weight is 297 g/mol. The molecule has 1 fully saturated rings. The number of nitrogens with one attached hydrogen (secondary N) is 2. The Kier molecular flexibility index (Phi) is 5.79. The van der Waals surface area contributed by atoms with Gasteiger partial charge >= 0.3 is 4.87 Å². The van der Waals surface area contributed by atoms with Crippen LogP contribution in [0.1, 0.15) is 31.4 Å². The summed E-state index contributed by atoms with van der Waals surface area (Å²) in [7, 11) is 0. The van der Waals surface area contributed by atoms with Crippen LogP contribution in [0.15, 0.2) is 10.2 Å². The SMILES string of the molecule is Cc1csc(=O)n1CCC(=O)NCCC1CCCNC1. The Morgan fingerprint density at radius 1 is 1.60 bits per heavy atom. The number of carbonyl (C=O) groups is 1. The summed E-state index contributed by atoms with van der Waals surface area (Å²) in [5.74, 6) is 0.719. The van der Waals surface area contributed by atoms with E-state index in [9.17, 15) is 9.59 Å². The zero-order chi connectivity index (χ0) is 14.4. The Hall–Kier alpha value is -1.14. The van der Waals surface area contributed by atoms with Crippen molar-refractivity contribution in [2.45, 2.75) is 39.2 Å². The summed E-state index contributed by atoms with van der Waals surface area (Å²) < 4.78 is 1.66. The fraction of sp³-hybridized carbons (Fsp3) is 0.714. The zero-order valence-corrected chi connectivity index (χ0v) is 12.8. The number of rotatable bonds is 6. The van der Waals surface area contributed by atoms with Crippen LogP contribution in [0.25, 0.3) is 0 Å². The van der Waals surface area contributed by atoms with Crippen LogP contribution in [0.4, 0.5) is 0 Å². The standard InChI is InChI=1S/C14H23N3O2S/c1-11-10-20-14(19)17(11)8-5-13(18)16-7-4-12-3-2-6-15-9-12/h10,12,15H,2-9H2,1H3,(H,16,18). The number of nitrogens with zero attached hydrogens (tertiary/aromatic N) is 1. The second kappa shape index (κ2) is 7.59. The lowest BCUT2D eigenvalue weighted by Gasteiger charge is -2.22. The van der Waals surface area contributed by atoms with Crippen LogP contribution in [0.3, 0.4) is 0 Å². The second-order valence-electron chi connectivity index (χ2n) is 5.40. The number of hydrogen-bond donors (Lipinski definition) is 2. The van der Waals surface area contributed by atoms with Crippen LogP contribution in [0.5, 0.6) is 0 Å².